The van der Waals surface area contributed by atoms with Crippen LogP contribution in [0.3, 0.4) is 0 Å². The zero-order chi connectivity index (χ0) is 17.8. The van der Waals surface area contributed by atoms with Gasteiger partial charge >= 0.3 is 0 Å². The summed E-state index contributed by atoms with van der Waals surface area (Å²) in [6.07, 6.45) is 0. The van der Waals surface area contributed by atoms with Crippen LogP contribution >= 0.6 is 22.6 Å². The number of phenolic OH excluding ortho intramolecular Hbond substituents is 1. The smallest absolute Gasteiger partial charge is 0.259 e. The number of nitrogens with zero attached hydrogens (tertiary/aromatic N) is 1. The van der Waals surface area contributed by atoms with E-state index in [-0.39, 0.29) is 17.2 Å². The molecule has 5 heteroatoms. The topological polar surface area (TPSA) is 73.1 Å². The molecule has 0 spiro atoms. The minimum absolute atomic E-state index is 0.0430. The Kier molecular flexibility index (Phi) is 5.00. The molecule has 1 amide bonds. The normalized spacial score (nSPS) is 10.1. The number of aromatic hydroxyl groups is 1. The molecule has 0 saturated heterocycles. The fraction of sp³-hybridized carbons (Fsp3) is 0. The summed E-state index contributed by atoms with van der Waals surface area (Å²) in [7, 11) is 0. The van der Waals surface area contributed by atoms with Gasteiger partial charge in [0.15, 0.2) is 0 Å². The zero-order valence-corrected chi connectivity index (χ0v) is 15.2. The van der Waals surface area contributed by atoms with Crippen molar-refractivity contribution >= 4 is 34.2 Å². The van der Waals surface area contributed by atoms with Gasteiger partial charge in [0.05, 0.1) is 17.2 Å². The monoisotopic (exact) mass is 440 g/mol. The van der Waals surface area contributed by atoms with Crippen LogP contribution in [0.25, 0.3) is 11.1 Å². The molecule has 0 fully saturated rings. The third-order valence-electron chi connectivity index (χ3n) is 3.69. The van der Waals surface area contributed by atoms with Gasteiger partial charge in [-0.05, 0) is 76.2 Å². The highest BCUT2D eigenvalue weighted by Gasteiger charge is 2.11. The Morgan fingerprint density at radius 2 is 1.56 bits per heavy atom. The maximum absolute atomic E-state index is 12.3. The van der Waals surface area contributed by atoms with Crippen LogP contribution in [0.15, 0.2) is 66.7 Å². The van der Waals surface area contributed by atoms with Gasteiger partial charge in [0.1, 0.15) is 5.75 Å². The second kappa shape index (κ2) is 7.36. The van der Waals surface area contributed by atoms with Crippen LogP contribution in [0, 0.1) is 14.9 Å². The Morgan fingerprint density at radius 3 is 2.12 bits per heavy atom. The van der Waals surface area contributed by atoms with Gasteiger partial charge in [-0.3, -0.25) is 4.79 Å². The number of amides is 1. The van der Waals surface area contributed by atoms with Crippen molar-refractivity contribution in [1.29, 1.82) is 5.26 Å². The fourth-order valence-electron chi connectivity index (χ4n) is 2.38. The number of nitrogens with one attached hydrogen (secondary N) is 1. The van der Waals surface area contributed by atoms with Gasteiger partial charge in [0.2, 0.25) is 0 Å². The maximum atomic E-state index is 12.3. The van der Waals surface area contributed by atoms with Crippen molar-refractivity contribution < 1.29 is 9.90 Å². The second-order valence-corrected chi connectivity index (χ2v) is 6.63. The van der Waals surface area contributed by atoms with E-state index in [9.17, 15) is 9.90 Å². The molecule has 0 heterocycles. The highest BCUT2D eigenvalue weighted by Crippen LogP contribution is 2.24. The highest BCUT2D eigenvalue weighted by molar-refractivity contribution is 14.1. The molecule has 0 saturated carbocycles. The Balaban J connectivity index is 1.76. The fourth-order valence-corrected chi connectivity index (χ4v) is 2.85. The molecular weight excluding hydrogens is 427 g/mol. The van der Waals surface area contributed by atoms with Gasteiger partial charge in [-0.15, -0.1) is 0 Å². The number of hydrogen-bond donors (Lipinski definition) is 2. The molecule has 0 bridgehead atoms. The standard InChI is InChI=1S/C20H13IN2O2/c21-16-7-10-18(19(24)11-16)20(25)23-17-8-5-15(6-9-17)14-3-1-13(12-22)2-4-14/h1-11,24H,(H,23,25). The summed E-state index contributed by atoms with van der Waals surface area (Å²) in [6.45, 7) is 0. The number of carbonyl (C=O) groups is 1. The number of rotatable bonds is 3. The summed E-state index contributed by atoms with van der Waals surface area (Å²) in [5, 5.41) is 21.5. The van der Waals surface area contributed by atoms with Crippen molar-refractivity contribution in [3.8, 4) is 22.9 Å². The molecule has 0 radical (unpaired) electrons. The van der Waals surface area contributed by atoms with Crippen molar-refractivity contribution in [1.82, 2.24) is 0 Å². The van der Waals surface area contributed by atoms with Gasteiger partial charge in [0.25, 0.3) is 5.91 Å². The van der Waals surface area contributed by atoms with E-state index in [0.29, 0.717) is 11.3 Å². The van der Waals surface area contributed by atoms with E-state index < -0.39 is 0 Å². The van der Waals surface area contributed by atoms with Crippen LogP contribution in [0.2, 0.25) is 0 Å². The van der Waals surface area contributed by atoms with E-state index in [1.165, 1.54) is 0 Å². The minimum atomic E-state index is -0.361. The van der Waals surface area contributed by atoms with E-state index >= 15 is 0 Å². The predicted molar refractivity (Wildman–Crippen MR) is 105 cm³/mol. The van der Waals surface area contributed by atoms with Crippen LogP contribution < -0.4 is 5.32 Å². The average molecular weight is 440 g/mol. The number of carbonyl (C=O) groups excluding carboxylic acids is 1. The molecule has 3 aromatic rings. The van der Waals surface area contributed by atoms with Gasteiger partial charge in [-0.25, -0.2) is 0 Å². The largest absolute Gasteiger partial charge is 0.507 e. The summed E-state index contributed by atoms with van der Waals surface area (Å²) in [5.74, 6) is -0.404. The van der Waals surface area contributed by atoms with Crippen molar-refractivity contribution in [2.45, 2.75) is 0 Å². The van der Waals surface area contributed by atoms with Crippen LogP contribution in [0.4, 0.5) is 5.69 Å². The van der Waals surface area contributed by atoms with Crippen LogP contribution in [0.5, 0.6) is 5.75 Å². The number of halogens is 1. The van der Waals surface area contributed by atoms with Crippen LogP contribution in [-0.2, 0) is 0 Å². The van der Waals surface area contributed by atoms with Crippen molar-refractivity contribution in [2.75, 3.05) is 5.32 Å². The first-order valence-corrected chi connectivity index (χ1v) is 8.55. The lowest BCUT2D eigenvalue weighted by Gasteiger charge is -2.08. The van der Waals surface area contributed by atoms with Crippen molar-refractivity contribution in [3.63, 3.8) is 0 Å². The molecule has 0 aliphatic rings. The summed E-state index contributed by atoms with van der Waals surface area (Å²) < 4.78 is 0.860. The number of phenols is 1. The number of anilines is 1. The molecule has 0 atom stereocenters. The molecule has 3 rings (SSSR count). The quantitative estimate of drug-likeness (QED) is 0.576. The van der Waals surface area contributed by atoms with Gasteiger partial charge in [-0.2, -0.15) is 5.26 Å². The van der Waals surface area contributed by atoms with Gasteiger partial charge in [-0.1, -0.05) is 24.3 Å². The van der Waals surface area contributed by atoms with E-state index in [1.807, 2.05) is 24.3 Å². The molecule has 4 nitrogen and oxygen atoms in total. The third-order valence-corrected chi connectivity index (χ3v) is 4.37. The average Bonchev–Trinajstić information content (AvgIpc) is 2.62. The van der Waals surface area contributed by atoms with Crippen molar-refractivity contribution in [3.05, 3.63) is 81.4 Å². The summed E-state index contributed by atoms with van der Waals surface area (Å²) in [4.78, 5) is 12.3. The Morgan fingerprint density at radius 1 is 0.960 bits per heavy atom. The lowest BCUT2D eigenvalue weighted by Crippen LogP contribution is -2.12. The molecule has 0 unspecified atom stereocenters. The van der Waals surface area contributed by atoms with E-state index in [0.717, 1.165) is 14.7 Å². The van der Waals surface area contributed by atoms with Crippen LogP contribution in [0.1, 0.15) is 15.9 Å². The number of hydrogen-bond acceptors (Lipinski definition) is 3. The number of benzene rings is 3. The molecule has 0 aromatic heterocycles. The predicted octanol–water partition coefficient (Wildman–Crippen LogP) is 4.79. The third kappa shape index (κ3) is 3.98. The molecule has 3 aromatic carbocycles. The lowest BCUT2D eigenvalue weighted by atomic mass is 10.0. The summed E-state index contributed by atoms with van der Waals surface area (Å²) >= 11 is 2.07. The molecule has 122 valence electrons. The van der Waals surface area contributed by atoms with E-state index in [1.54, 1.807) is 42.5 Å². The molecular formula is C20H13IN2O2. The molecule has 2 N–H and O–H groups in total. The first kappa shape index (κ1) is 17.0. The highest BCUT2D eigenvalue weighted by atomic mass is 127. The molecule has 0 aliphatic heterocycles. The van der Waals surface area contributed by atoms with Gasteiger partial charge in [0, 0.05) is 9.26 Å². The first-order valence-electron chi connectivity index (χ1n) is 7.47. The molecule has 25 heavy (non-hydrogen) atoms. The first-order chi connectivity index (χ1) is 12.1. The SMILES string of the molecule is N#Cc1ccc(-c2ccc(NC(=O)c3ccc(I)cc3O)cc2)cc1. The van der Waals surface area contributed by atoms with E-state index in [4.69, 9.17) is 5.26 Å². The Bertz CT molecular complexity index is 958. The maximum Gasteiger partial charge on any atom is 0.259 e. The lowest BCUT2D eigenvalue weighted by molar-refractivity contribution is 0.102. The molecule has 0 aliphatic carbocycles. The number of nitriles is 1. The summed E-state index contributed by atoms with van der Waals surface area (Å²) in [5.41, 5.74) is 3.47. The minimum Gasteiger partial charge on any atom is -0.507 e. The van der Waals surface area contributed by atoms with E-state index in [2.05, 4.69) is 34.0 Å². The Hall–Kier alpha value is -2.85. The van der Waals surface area contributed by atoms with Crippen LogP contribution in [-0.4, -0.2) is 11.0 Å². The Labute approximate surface area is 158 Å². The van der Waals surface area contributed by atoms with Crippen molar-refractivity contribution in [2.24, 2.45) is 0 Å². The summed E-state index contributed by atoms with van der Waals surface area (Å²) in [6, 6.07) is 21.7. The second-order valence-electron chi connectivity index (χ2n) is 5.38. The van der Waals surface area contributed by atoms with Gasteiger partial charge < -0.3 is 10.4 Å². The zero-order valence-electron chi connectivity index (χ0n) is 13.0.